The highest BCUT2D eigenvalue weighted by atomic mass is 16.5. The van der Waals surface area contributed by atoms with Crippen LogP contribution in [-0.4, -0.2) is 6.61 Å². The molecule has 0 bridgehead atoms. The zero-order valence-electron chi connectivity index (χ0n) is 22.7. The van der Waals surface area contributed by atoms with Gasteiger partial charge in [-0.3, -0.25) is 0 Å². The lowest BCUT2D eigenvalue weighted by Crippen LogP contribution is -2.20. The SMILES string of the molecule is CCCCCCC1CCC(c2ccc(-c3ccc([C@H]4CC[C@H](CCCCC)CC4)cc3)cc2)OC1. The molecule has 0 radical (unpaired) electrons. The second kappa shape index (κ2) is 14.2. The van der Waals surface area contributed by atoms with E-state index in [1.165, 1.54) is 113 Å². The quantitative estimate of drug-likeness (QED) is 0.278. The van der Waals surface area contributed by atoms with Crippen LogP contribution in [0.4, 0.5) is 0 Å². The van der Waals surface area contributed by atoms with Gasteiger partial charge in [-0.15, -0.1) is 0 Å². The molecule has 1 aliphatic carbocycles. The number of ether oxygens (including phenoxy) is 1. The molecule has 0 aromatic heterocycles. The van der Waals surface area contributed by atoms with Gasteiger partial charge in [-0.25, -0.2) is 0 Å². The molecule has 1 aliphatic heterocycles. The van der Waals surface area contributed by atoms with Crippen LogP contribution in [-0.2, 0) is 4.74 Å². The first-order chi connectivity index (χ1) is 17.3. The first kappa shape index (κ1) is 26.5. The van der Waals surface area contributed by atoms with Gasteiger partial charge < -0.3 is 4.74 Å². The molecule has 2 aliphatic rings. The van der Waals surface area contributed by atoms with Gasteiger partial charge in [0.05, 0.1) is 12.7 Å². The fourth-order valence-corrected chi connectivity index (χ4v) is 6.46. The average Bonchev–Trinajstić information content (AvgIpc) is 2.92. The summed E-state index contributed by atoms with van der Waals surface area (Å²) in [5.74, 6) is 2.53. The predicted molar refractivity (Wildman–Crippen MR) is 151 cm³/mol. The Hall–Kier alpha value is -1.60. The van der Waals surface area contributed by atoms with Crippen molar-refractivity contribution in [1.29, 1.82) is 0 Å². The van der Waals surface area contributed by atoms with Crippen LogP contribution in [0.15, 0.2) is 48.5 Å². The van der Waals surface area contributed by atoms with Gasteiger partial charge in [-0.1, -0.05) is 114 Å². The van der Waals surface area contributed by atoms with E-state index >= 15 is 0 Å². The summed E-state index contributed by atoms with van der Waals surface area (Å²) < 4.78 is 6.30. The van der Waals surface area contributed by atoms with Crippen molar-refractivity contribution in [1.82, 2.24) is 0 Å². The molecule has 2 fully saturated rings. The highest BCUT2D eigenvalue weighted by Crippen LogP contribution is 2.38. The van der Waals surface area contributed by atoms with Crippen molar-refractivity contribution in [3.8, 4) is 11.1 Å². The van der Waals surface area contributed by atoms with E-state index in [2.05, 4.69) is 62.4 Å². The fraction of sp³-hybridized carbons (Fsp3) is 0.647. The molecule has 0 spiro atoms. The van der Waals surface area contributed by atoms with Gasteiger partial charge in [0.25, 0.3) is 0 Å². The molecular weight excluding hydrogens is 424 g/mol. The second-order valence-electron chi connectivity index (χ2n) is 11.6. The highest BCUT2D eigenvalue weighted by molar-refractivity contribution is 5.64. The number of hydrogen-bond donors (Lipinski definition) is 0. The first-order valence-electron chi connectivity index (χ1n) is 15.1. The molecule has 1 nitrogen and oxygen atoms in total. The Morgan fingerprint density at radius 3 is 1.71 bits per heavy atom. The van der Waals surface area contributed by atoms with Crippen LogP contribution in [0.2, 0.25) is 0 Å². The van der Waals surface area contributed by atoms with E-state index in [9.17, 15) is 0 Å². The van der Waals surface area contributed by atoms with Crippen molar-refractivity contribution in [3.63, 3.8) is 0 Å². The normalized spacial score (nSPS) is 25.0. The Bertz CT molecular complexity index is 820. The maximum absolute atomic E-state index is 6.30. The molecule has 35 heavy (non-hydrogen) atoms. The van der Waals surface area contributed by atoms with Crippen LogP contribution in [0.5, 0.6) is 0 Å². The van der Waals surface area contributed by atoms with E-state index in [1.807, 2.05) is 0 Å². The monoisotopic (exact) mass is 474 g/mol. The minimum absolute atomic E-state index is 0.287. The number of unbranched alkanes of at least 4 members (excludes halogenated alkanes) is 5. The molecule has 2 aromatic rings. The Kier molecular flexibility index (Phi) is 10.8. The highest BCUT2D eigenvalue weighted by Gasteiger charge is 2.23. The molecule has 0 amide bonds. The lowest BCUT2D eigenvalue weighted by molar-refractivity contribution is -0.0198. The molecule has 1 heterocycles. The van der Waals surface area contributed by atoms with Gasteiger partial charge in [0.2, 0.25) is 0 Å². The molecule has 2 unspecified atom stereocenters. The third kappa shape index (κ3) is 7.94. The topological polar surface area (TPSA) is 9.23 Å². The van der Waals surface area contributed by atoms with Crippen LogP contribution < -0.4 is 0 Å². The molecular formula is C34H50O. The first-order valence-corrected chi connectivity index (χ1v) is 15.1. The second-order valence-corrected chi connectivity index (χ2v) is 11.6. The molecule has 2 atom stereocenters. The van der Waals surface area contributed by atoms with E-state index in [-0.39, 0.29) is 6.10 Å². The number of benzene rings is 2. The summed E-state index contributed by atoms with van der Waals surface area (Å²) in [7, 11) is 0. The van der Waals surface area contributed by atoms with Crippen LogP contribution >= 0.6 is 0 Å². The fourth-order valence-electron chi connectivity index (χ4n) is 6.46. The largest absolute Gasteiger partial charge is 0.373 e. The van der Waals surface area contributed by atoms with Crippen molar-refractivity contribution < 1.29 is 4.74 Å². The Morgan fingerprint density at radius 1 is 0.571 bits per heavy atom. The summed E-state index contributed by atoms with van der Waals surface area (Å²) in [4.78, 5) is 0. The summed E-state index contributed by atoms with van der Waals surface area (Å²) >= 11 is 0. The van der Waals surface area contributed by atoms with Crippen LogP contribution in [0.1, 0.15) is 133 Å². The Balaban J connectivity index is 1.23. The Labute approximate surface area is 216 Å². The predicted octanol–water partition coefficient (Wildman–Crippen LogP) is 10.6. The van der Waals surface area contributed by atoms with Crippen LogP contribution in [0, 0.1) is 11.8 Å². The average molecular weight is 475 g/mol. The van der Waals surface area contributed by atoms with Crippen LogP contribution in [0.25, 0.3) is 11.1 Å². The molecule has 2 aromatic carbocycles. The van der Waals surface area contributed by atoms with E-state index in [0.717, 1.165) is 24.4 Å². The maximum Gasteiger partial charge on any atom is 0.0825 e. The summed E-state index contributed by atoms with van der Waals surface area (Å²) in [5, 5.41) is 0. The van der Waals surface area contributed by atoms with Crippen molar-refractivity contribution in [2.75, 3.05) is 6.61 Å². The van der Waals surface area contributed by atoms with E-state index in [4.69, 9.17) is 4.74 Å². The summed E-state index contributed by atoms with van der Waals surface area (Å²) in [5.41, 5.74) is 5.57. The summed E-state index contributed by atoms with van der Waals surface area (Å²) in [6, 6.07) is 18.7. The van der Waals surface area contributed by atoms with E-state index in [1.54, 1.807) is 5.56 Å². The van der Waals surface area contributed by atoms with Crippen molar-refractivity contribution in [2.45, 2.75) is 122 Å². The van der Waals surface area contributed by atoms with Crippen molar-refractivity contribution in [3.05, 3.63) is 59.7 Å². The van der Waals surface area contributed by atoms with E-state index < -0.39 is 0 Å². The smallest absolute Gasteiger partial charge is 0.0825 e. The molecule has 192 valence electrons. The molecule has 1 heteroatoms. The van der Waals surface area contributed by atoms with Crippen LogP contribution in [0.3, 0.4) is 0 Å². The lowest BCUT2D eigenvalue weighted by Gasteiger charge is -2.29. The van der Waals surface area contributed by atoms with Crippen molar-refractivity contribution in [2.24, 2.45) is 11.8 Å². The molecule has 1 saturated carbocycles. The number of rotatable bonds is 12. The lowest BCUT2D eigenvalue weighted by atomic mass is 9.77. The van der Waals surface area contributed by atoms with Gasteiger partial charge in [-0.2, -0.15) is 0 Å². The third-order valence-corrected chi connectivity index (χ3v) is 8.90. The van der Waals surface area contributed by atoms with Gasteiger partial charge in [0.1, 0.15) is 0 Å². The third-order valence-electron chi connectivity index (χ3n) is 8.90. The molecule has 4 rings (SSSR count). The maximum atomic E-state index is 6.30. The summed E-state index contributed by atoms with van der Waals surface area (Å²) in [6.45, 7) is 5.54. The van der Waals surface area contributed by atoms with Gasteiger partial charge in [0, 0.05) is 0 Å². The van der Waals surface area contributed by atoms with Gasteiger partial charge >= 0.3 is 0 Å². The Morgan fingerprint density at radius 2 is 1.11 bits per heavy atom. The molecule has 0 N–H and O–H groups in total. The number of hydrogen-bond acceptors (Lipinski definition) is 1. The standard InChI is InChI=1S/C34H50O/c1-3-5-7-9-11-28-14-25-34(35-26-28)33-23-21-32(22-24-33)31-19-17-30(18-20-31)29-15-12-27(13-16-29)10-8-6-4-2/h17-24,27-29,34H,3-16,25-26H2,1-2H3/t27-,28?,29-,34?. The zero-order valence-corrected chi connectivity index (χ0v) is 22.7. The minimum Gasteiger partial charge on any atom is -0.373 e. The van der Waals surface area contributed by atoms with E-state index in [0.29, 0.717) is 0 Å². The van der Waals surface area contributed by atoms with Gasteiger partial charge in [0.15, 0.2) is 0 Å². The summed E-state index contributed by atoms with van der Waals surface area (Å²) in [6.07, 6.45) is 20.9. The zero-order chi connectivity index (χ0) is 24.3. The van der Waals surface area contributed by atoms with Gasteiger partial charge in [-0.05, 0) is 85.0 Å². The minimum atomic E-state index is 0.287. The van der Waals surface area contributed by atoms with Crippen molar-refractivity contribution >= 4 is 0 Å². The molecule has 1 saturated heterocycles.